The van der Waals surface area contributed by atoms with Gasteiger partial charge >= 0.3 is 0 Å². The Hall–Kier alpha value is -3.13. The normalized spacial score (nSPS) is 28.4. The van der Waals surface area contributed by atoms with Crippen LogP contribution < -0.4 is 0 Å². The first-order chi connectivity index (χ1) is 14.1. The molecule has 3 aliphatic rings. The topological polar surface area (TPSA) is 72.1 Å². The predicted molar refractivity (Wildman–Crippen MR) is 103 cm³/mol. The van der Waals surface area contributed by atoms with Gasteiger partial charge in [-0.15, -0.1) is 0 Å². The van der Waals surface area contributed by atoms with Gasteiger partial charge in [0.05, 0.1) is 25.2 Å². The first kappa shape index (κ1) is 16.8. The number of nitrogens with zero attached hydrogens (tertiary/aromatic N) is 5. The Morgan fingerprint density at radius 1 is 1.24 bits per heavy atom. The lowest BCUT2D eigenvalue weighted by atomic mass is 10.1. The fourth-order valence-electron chi connectivity index (χ4n) is 5.26. The van der Waals surface area contributed by atoms with Gasteiger partial charge in [0.1, 0.15) is 17.3 Å². The van der Waals surface area contributed by atoms with Gasteiger partial charge < -0.3 is 19.1 Å². The number of hydrogen-bond acceptors (Lipinski definition) is 4. The Bertz CT molecular complexity index is 1140. The zero-order valence-electron chi connectivity index (χ0n) is 16.1. The van der Waals surface area contributed by atoms with E-state index >= 15 is 0 Å². The summed E-state index contributed by atoms with van der Waals surface area (Å²) in [5.74, 6) is -0.0324. The van der Waals surface area contributed by atoms with Crippen LogP contribution in [-0.2, 0) is 16.6 Å². The number of imidazole rings is 1. The zero-order chi connectivity index (χ0) is 19.8. The van der Waals surface area contributed by atoms with E-state index in [-0.39, 0.29) is 24.0 Å². The Kier molecular flexibility index (Phi) is 3.30. The molecule has 3 aliphatic heterocycles. The molecule has 1 spiro atoms. The number of likely N-dealkylation sites (tertiary alicyclic amines) is 1. The molecule has 6 rings (SSSR count). The van der Waals surface area contributed by atoms with Crippen molar-refractivity contribution in [2.75, 3.05) is 13.1 Å². The highest BCUT2D eigenvalue weighted by Crippen LogP contribution is 2.50. The van der Waals surface area contributed by atoms with Gasteiger partial charge in [0.15, 0.2) is 5.72 Å². The molecule has 0 aliphatic carbocycles. The van der Waals surface area contributed by atoms with Gasteiger partial charge in [-0.2, -0.15) is 5.10 Å². The average molecular weight is 391 g/mol. The van der Waals surface area contributed by atoms with Gasteiger partial charge in [-0.3, -0.25) is 9.59 Å². The molecule has 8 heteroatoms. The Labute approximate surface area is 167 Å². The van der Waals surface area contributed by atoms with Gasteiger partial charge in [-0.05, 0) is 5.56 Å². The number of benzene rings is 1. The number of aryl methyl sites for hydroxylation is 1. The fraction of sp³-hybridized carbons (Fsp3) is 0.381. The first-order valence-corrected chi connectivity index (χ1v) is 9.91. The molecule has 0 bridgehead atoms. The maximum Gasteiger partial charge on any atom is 0.259 e. The summed E-state index contributed by atoms with van der Waals surface area (Å²) >= 11 is 0. The highest BCUT2D eigenvalue weighted by atomic mass is 16.5. The summed E-state index contributed by atoms with van der Waals surface area (Å²) in [5, 5.41) is 4.29. The van der Waals surface area contributed by atoms with Crippen LogP contribution in [0, 0.1) is 0 Å². The van der Waals surface area contributed by atoms with Crippen molar-refractivity contribution in [2.24, 2.45) is 7.05 Å². The van der Waals surface area contributed by atoms with Gasteiger partial charge in [-0.25, -0.2) is 4.52 Å². The molecule has 2 aromatic heterocycles. The Morgan fingerprint density at radius 3 is 2.90 bits per heavy atom. The van der Waals surface area contributed by atoms with Crippen LogP contribution >= 0.6 is 0 Å². The molecule has 5 heterocycles. The number of hydrogen-bond donors (Lipinski definition) is 0. The quantitative estimate of drug-likeness (QED) is 0.665. The van der Waals surface area contributed by atoms with E-state index in [0.717, 1.165) is 11.2 Å². The van der Waals surface area contributed by atoms with Crippen molar-refractivity contribution in [1.82, 2.24) is 24.0 Å². The molecular weight excluding hydrogens is 370 g/mol. The smallest absolute Gasteiger partial charge is 0.259 e. The molecule has 0 unspecified atom stereocenters. The number of carbonyl (C=O) groups is 2. The second-order valence-electron chi connectivity index (χ2n) is 8.07. The lowest BCUT2D eigenvalue weighted by molar-refractivity contribution is -0.138. The Morgan fingerprint density at radius 2 is 2.07 bits per heavy atom. The first-order valence-electron chi connectivity index (χ1n) is 9.91. The fourth-order valence-corrected chi connectivity index (χ4v) is 5.26. The second kappa shape index (κ2) is 5.70. The van der Waals surface area contributed by atoms with Crippen LogP contribution in [0.2, 0.25) is 0 Å². The molecule has 8 nitrogen and oxygen atoms in total. The molecule has 0 saturated carbocycles. The van der Waals surface area contributed by atoms with Crippen molar-refractivity contribution in [3.63, 3.8) is 0 Å². The summed E-state index contributed by atoms with van der Waals surface area (Å²) in [6.45, 7) is 1.10. The van der Waals surface area contributed by atoms with Crippen LogP contribution in [0.15, 0.2) is 48.9 Å². The number of rotatable bonds is 2. The van der Waals surface area contributed by atoms with E-state index in [4.69, 9.17) is 4.74 Å². The lowest BCUT2D eigenvalue weighted by Gasteiger charge is -2.31. The molecular formula is C21H21N5O3. The van der Waals surface area contributed by atoms with Gasteiger partial charge in [-0.1, -0.05) is 30.3 Å². The van der Waals surface area contributed by atoms with Crippen LogP contribution in [0.4, 0.5) is 0 Å². The van der Waals surface area contributed by atoms with Crippen molar-refractivity contribution in [1.29, 1.82) is 0 Å². The van der Waals surface area contributed by atoms with E-state index in [1.807, 2.05) is 64.1 Å². The van der Waals surface area contributed by atoms with E-state index in [1.165, 1.54) is 0 Å². The molecule has 148 valence electrons. The molecule has 2 amide bonds. The minimum absolute atomic E-state index is 0.0601. The average Bonchev–Trinajstić information content (AvgIpc) is 3.50. The molecule has 3 saturated heterocycles. The standard InChI is InChI=1S/C21H21N5O3/c1-23-9-10-26-19(23)15(12-22-26)20(28)24-8-7-21-17(24)11-18(27)25(21)13-16(29-21)14-5-3-2-4-6-14/h2-6,9-10,12,16-17H,7-8,11,13H2,1H3/t16-,17+,21-/m0/s1. The number of carbonyl (C=O) groups excluding carboxylic acids is 2. The molecule has 3 fully saturated rings. The van der Waals surface area contributed by atoms with Crippen LogP contribution in [0.1, 0.15) is 34.9 Å². The summed E-state index contributed by atoms with van der Waals surface area (Å²) in [7, 11) is 1.89. The summed E-state index contributed by atoms with van der Waals surface area (Å²) in [6, 6.07) is 9.72. The van der Waals surface area contributed by atoms with E-state index in [1.54, 1.807) is 10.7 Å². The summed E-state index contributed by atoms with van der Waals surface area (Å²) in [4.78, 5) is 29.9. The maximum absolute atomic E-state index is 13.4. The molecule has 29 heavy (non-hydrogen) atoms. The van der Waals surface area contributed by atoms with Gasteiger partial charge in [0.25, 0.3) is 5.91 Å². The maximum atomic E-state index is 13.4. The zero-order valence-corrected chi connectivity index (χ0v) is 16.1. The number of ether oxygens (including phenoxy) is 1. The summed E-state index contributed by atoms with van der Waals surface area (Å²) < 4.78 is 10.1. The summed E-state index contributed by atoms with van der Waals surface area (Å²) in [5.41, 5.74) is 1.66. The van der Waals surface area contributed by atoms with Crippen molar-refractivity contribution >= 4 is 17.5 Å². The molecule has 0 N–H and O–H groups in total. The minimum atomic E-state index is -0.715. The predicted octanol–water partition coefficient (Wildman–Crippen LogP) is 1.59. The third-order valence-electron chi connectivity index (χ3n) is 6.63. The number of aromatic nitrogens is 3. The third kappa shape index (κ3) is 2.15. The highest BCUT2D eigenvalue weighted by molar-refractivity contribution is 6.01. The van der Waals surface area contributed by atoms with E-state index < -0.39 is 5.72 Å². The van der Waals surface area contributed by atoms with Gasteiger partial charge in [0.2, 0.25) is 5.91 Å². The van der Waals surface area contributed by atoms with Crippen molar-refractivity contribution < 1.29 is 14.3 Å². The van der Waals surface area contributed by atoms with Crippen LogP contribution in [0.5, 0.6) is 0 Å². The summed E-state index contributed by atoms with van der Waals surface area (Å²) in [6.07, 6.45) is 6.09. The molecule has 0 radical (unpaired) electrons. The van der Waals surface area contributed by atoms with Crippen molar-refractivity contribution in [3.05, 3.63) is 60.0 Å². The largest absolute Gasteiger partial charge is 0.343 e. The van der Waals surface area contributed by atoms with Crippen molar-refractivity contribution in [2.45, 2.75) is 30.7 Å². The Balaban J connectivity index is 1.34. The lowest BCUT2D eigenvalue weighted by Crippen LogP contribution is -2.48. The van der Waals surface area contributed by atoms with Gasteiger partial charge in [0, 0.05) is 32.4 Å². The number of amides is 2. The SMILES string of the molecule is Cn1ccn2ncc(C(=O)N3CC[C@@]45O[C@H](c6ccccc6)CN4C(=O)C[C@@H]35)c12. The minimum Gasteiger partial charge on any atom is -0.343 e. The van der Waals surface area contributed by atoms with Crippen molar-refractivity contribution in [3.8, 4) is 0 Å². The molecule has 3 aromatic rings. The van der Waals surface area contributed by atoms with E-state index in [0.29, 0.717) is 31.5 Å². The van der Waals surface area contributed by atoms with E-state index in [9.17, 15) is 9.59 Å². The van der Waals surface area contributed by atoms with Crippen LogP contribution in [-0.4, -0.2) is 60.7 Å². The third-order valence-corrected chi connectivity index (χ3v) is 6.63. The van der Waals surface area contributed by atoms with Crippen LogP contribution in [0.25, 0.3) is 5.65 Å². The second-order valence-corrected chi connectivity index (χ2v) is 8.07. The monoisotopic (exact) mass is 391 g/mol. The molecule has 1 aromatic carbocycles. The highest BCUT2D eigenvalue weighted by Gasteiger charge is 2.65. The van der Waals surface area contributed by atoms with Crippen LogP contribution in [0.3, 0.4) is 0 Å². The molecule has 3 atom stereocenters. The number of fused-ring (bicyclic) bond motifs is 1. The van der Waals surface area contributed by atoms with E-state index in [2.05, 4.69) is 5.10 Å².